The van der Waals surface area contributed by atoms with E-state index in [2.05, 4.69) is 0 Å². The van der Waals surface area contributed by atoms with Gasteiger partial charge >= 0.3 is 5.97 Å². The predicted octanol–water partition coefficient (Wildman–Crippen LogP) is -0.167. The summed E-state index contributed by atoms with van der Waals surface area (Å²) in [5.41, 5.74) is 4.98. The first-order chi connectivity index (χ1) is 3.18. The van der Waals surface area contributed by atoms with Gasteiger partial charge in [-0.2, -0.15) is 0 Å². The van der Waals surface area contributed by atoms with E-state index in [1.165, 1.54) is 0 Å². The van der Waals surface area contributed by atoms with Crippen LogP contribution in [0.5, 0.6) is 0 Å². The summed E-state index contributed by atoms with van der Waals surface area (Å²) in [6, 6.07) is 0. The first-order valence-electron chi connectivity index (χ1n) is 1.75. The SMILES string of the molecule is NC[C@H](I)C(=O)O. The van der Waals surface area contributed by atoms with Gasteiger partial charge in [0.2, 0.25) is 0 Å². The lowest BCUT2D eigenvalue weighted by atomic mass is 10.4. The average Bonchev–Trinajstić information content (AvgIpc) is 1.65. The first-order valence-corrected chi connectivity index (χ1v) is 3.00. The third kappa shape index (κ3) is 2.81. The molecule has 0 saturated carbocycles. The van der Waals surface area contributed by atoms with Gasteiger partial charge in [0.05, 0.1) is 0 Å². The number of carboxylic acids is 1. The van der Waals surface area contributed by atoms with Crippen molar-refractivity contribution in [2.24, 2.45) is 5.73 Å². The second kappa shape index (κ2) is 3.20. The summed E-state index contributed by atoms with van der Waals surface area (Å²) in [4.78, 5) is 9.84. The lowest BCUT2D eigenvalue weighted by Gasteiger charge is -1.94. The number of rotatable bonds is 2. The molecule has 0 radical (unpaired) electrons. The number of aliphatic carboxylic acids is 1. The van der Waals surface area contributed by atoms with Crippen LogP contribution >= 0.6 is 22.6 Å². The highest BCUT2D eigenvalue weighted by Crippen LogP contribution is 1.95. The molecule has 0 fully saturated rings. The molecule has 7 heavy (non-hydrogen) atoms. The molecule has 3 nitrogen and oxygen atoms in total. The van der Waals surface area contributed by atoms with Crippen LogP contribution in [0.1, 0.15) is 0 Å². The van der Waals surface area contributed by atoms with Crippen molar-refractivity contribution < 1.29 is 9.90 Å². The normalized spacial score (nSPS) is 13.4. The molecule has 0 aliphatic heterocycles. The van der Waals surface area contributed by atoms with Gasteiger partial charge in [0.25, 0.3) is 0 Å². The van der Waals surface area contributed by atoms with Gasteiger partial charge in [-0.3, -0.25) is 4.79 Å². The number of carbonyl (C=O) groups is 1. The number of nitrogens with two attached hydrogens (primary N) is 1. The van der Waals surface area contributed by atoms with Gasteiger partial charge in [-0.05, 0) is 0 Å². The van der Waals surface area contributed by atoms with Crippen molar-refractivity contribution in [2.45, 2.75) is 3.92 Å². The Balaban J connectivity index is 3.34. The van der Waals surface area contributed by atoms with Crippen molar-refractivity contribution in [3.05, 3.63) is 0 Å². The van der Waals surface area contributed by atoms with Crippen LogP contribution in [-0.4, -0.2) is 21.5 Å². The zero-order chi connectivity index (χ0) is 5.86. The van der Waals surface area contributed by atoms with Crippen molar-refractivity contribution >= 4 is 28.6 Å². The molecule has 0 rings (SSSR count). The number of carboxylic acid groups (broad SMARTS) is 1. The van der Waals surface area contributed by atoms with E-state index in [9.17, 15) is 4.79 Å². The van der Waals surface area contributed by atoms with Crippen LogP contribution in [0.15, 0.2) is 0 Å². The van der Waals surface area contributed by atoms with E-state index in [0.717, 1.165) is 0 Å². The third-order valence-electron chi connectivity index (χ3n) is 0.475. The molecule has 0 aliphatic carbocycles. The minimum atomic E-state index is -0.844. The molecule has 4 heteroatoms. The van der Waals surface area contributed by atoms with Crippen LogP contribution in [0.3, 0.4) is 0 Å². The van der Waals surface area contributed by atoms with Gasteiger partial charge in [-0.25, -0.2) is 0 Å². The van der Waals surface area contributed by atoms with Gasteiger partial charge in [0.15, 0.2) is 0 Å². The Hall–Kier alpha value is 0.160. The summed E-state index contributed by atoms with van der Waals surface area (Å²) in [5, 5.41) is 8.09. The van der Waals surface area contributed by atoms with Gasteiger partial charge < -0.3 is 10.8 Å². The van der Waals surface area contributed by atoms with E-state index in [1.807, 2.05) is 0 Å². The van der Waals surface area contributed by atoms with Crippen molar-refractivity contribution in [1.29, 1.82) is 0 Å². The maximum atomic E-state index is 9.84. The maximum absolute atomic E-state index is 9.84. The Bertz CT molecular complexity index is 75.3. The average molecular weight is 215 g/mol. The standard InChI is InChI=1S/C3H6INO2/c4-2(1-5)3(6)7/h2H,1,5H2,(H,6,7)/t2-/m0/s1. The summed E-state index contributed by atoms with van der Waals surface area (Å²) in [5.74, 6) is -0.844. The van der Waals surface area contributed by atoms with Crippen LogP contribution in [0, 0.1) is 0 Å². The molecular formula is C3H6INO2. The van der Waals surface area contributed by atoms with Crippen LogP contribution < -0.4 is 5.73 Å². The summed E-state index contributed by atoms with van der Waals surface area (Å²) in [6.45, 7) is 0.204. The van der Waals surface area contributed by atoms with Crippen molar-refractivity contribution in [1.82, 2.24) is 0 Å². The Morgan fingerprint density at radius 2 is 2.43 bits per heavy atom. The fraction of sp³-hybridized carbons (Fsp3) is 0.667. The third-order valence-corrected chi connectivity index (χ3v) is 1.52. The van der Waals surface area contributed by atoms with Crippen LogP contribution in [0.4, 0.5) is 0 Å². The quantitative estimate of drug-likeness (QED) is 0.496. The minimum Gasteiger partial charge on any atom is -0.480 e. The zero-order valence-corrected chi connectivity index (χ0v) is 5.75. The molecule has 0 spiro atoms. The summed E-state index contributed by atoms with van der Waals surface area (Å²) in [6.07, 6.45) is 0. The number of alkyl halides is 1. The van der Waals surface area contributed by atoms with E-state index in [0.29, 0.717) is 0 Å². The Labute approximate surface area is 55.0 Å². The number of hydrogen-bond donors (Lipinski definition) is 2. The van der Waals surface area contributed by atoms with Crippen molar-refractivity contribution in [3.63, 3.8) is 0 Å². The molecule has 0 aromatic carbocycles. The molecule has 0 aromatic rings. The van der Waals surface area contributed by atoms with Gasteiger partial charge in [-0.1, -0.05) is 22.6 Å². The topological polar surface area (TPSA) is 63.3 Å². The van der Waals surface area contributed by atoms with E-state index in [-0.39, 0.29) is 6.54 Å². The van der Waals surface area contributed by atoms with E-state index in [1.54, 1.807) is 22.6 Å². The van der Waals surface area contributed by atoms with Crippen molar-refractivity contribution in [2.75, 3.05) is 6.54 Å². The monoisotopic (exact) mass is 215 g/mol. The summed E-state index contributed by atoms with van der Waals surface area (Å²) < 4.78 is -0.433. The molecule has 0 aromatic heterocycles. The first kappa shape index (κ1) is 7.16. The van der Waals surface area contributed by atoms with Gasteiger partial charge in [0.1, 0.15) is 3.92 Å². The number of halogens is 1. The van der Waals surface area contributed by atoms with E-state index >= 15 is 0 Å². The largest absolute Gasteiger partial charge is 0.480 e. The fourth-order valence-electron chi connectivity index (χ4n) is 0.101. The highest BCUT2D eigenvalue weighted by Gasteiger charge is 2.07. The fourth-order valence-corrected chi connectivity index (χ4v) is 0.101. The summed E-state index contributed by atoms with van der Waals surface area (Å²) >= 11 is 1.77. The van der Waals surface area contributed by atoms with E-state index < -0.39 is 9.89 Å². The lowest BCUT2D eigenvalue weighted by molar-refractivity contribution is -0.135. The maximum Gasteiger partial charge on any atom is 0.317 e. The van der Waals surface area contributed by atoms with Gasteiger partial charge in [-0.15, -0.1) is 0 Å². The highest BCUT2D eigenvalue weighted by molar-refractivity contribution is 14.1. The summed E-state index contributed by atoms with van der Waals surface area (Å²) in [7, 11) is 0. The van der Waals surface area contributed by atoms with Crippen LogP contribution in [0.2, 0.25) is 0 Å². The second-order valence-corrected chi connectivity index (χ2v) is 2.55. The molecule has 0 bridgehead atoms. The number of hydrogen-bond acceptors (Lipinski definition) is 2. The molecule has 0 unspecified atom stereocenters. The Morgan fingerprint density at radius 1 is 2.00 bits per heavy atom. The van der Waals surface area contributed by atoms with Crippen molar-refractivity contribution in [3.8, 4) is 0 Å². The Kier molecular flexibility index (Phi) is 3.27. The predicted molar refractivity (Wildman–Crippen MR) is 34.5 cm³/mol. The van der Waals surface area contributed by atoms with Crippen LogP contribution in [-0.2, 0) is 4.79 Å². The van der Waals surface area contributed by atoms with Crippen LogP contribution in [0.25, 0.3) is 0 Å². The highest BCUT2D eigenvalue weighted by atomic mass is 127. The smallest absolute Gasteiger partial charge is 0.317 e. The molecule has 0 amide bonds. The van der Waals surface area contributed by atoms with E-state index in [4.69, 9.17) is 10.8 Å². The Morgan fingerprint density at radius 3 is 2.43 bits per heavy atom. The minimum absolute atomic E-state index is 0.204. The zero-order valence-electron chi connectivity index (χ0n) is 3.60. The molecule has 3 N–H and O–H groups in total. The molecule has 1 atom stereocenters. The van der Waals surface area contributed by atoms with Gasteiger partial charge in [0, 0.05) is 6.54 Å². The second-order valence-electron chi connectivity index (χ2n) is 1.04. The lowest BCUT2D eigenvalue weighted by Crippen LogP contribution is -2.22. The molecule has 42 valence electrons. The molecule has 0 heterocycles. The molecular weight excluding hydrogens is 209 g/mol. The molecule has 0 saturated heterocycles. The molecule has 0 aliphatic rings.